The molecule has 8 heteroatoms. The summed E-state index contributed by atoms with van der Waals surface area (Å²) in [5, 5.41) is 14.7. The van der Waals surface area contributed by atoms with Crippen molar-refractivity contribution in [1.82, 2.24) is 14.6 Å². The standard InChI is InChI=1S/C15H12N4O3S/c1-20-8-13-18-19-10(7-16)14(17-15(19)23-13)9-2-3-11-12(6-9)22-5-4-21-11/h2-3,6H,4-5,8H2,1H3. The van der Waals surface area contributed by atoms with Crippen LogP contribution in [0.5, 0.6) is 11.5 Å². The zero-order chi connectivity index (χ0) is 15.8. The minimum Gasteiger partial charge on any atom is -0.486 e. The first-order valence-electron chi connectivity index (χ1n) is 6.97. The molecular weight excluding hydrogens is 316 g/mol. The van der Waals surface area contributed by atoms with Crippen LogP contribution in [-0.4, -0.2) is 34.9 Å². The lowest BCUT2D eigenvalue weighted by Gasteiger charge is -2.18. The van der Waals surface area contributed by atoms with Crippen molar-refractivity contribution in [1.29, 1.82) is 5.26 Å². The molecule has 0 radical (unpaired) electrons. The first-order valence-corrected chi connectivity index (χ1v) is 7.79. The minimum atomic E-state index is 0.398. The number of aromatic nitrogens is 3. The molecule has 2 aromatic heterocycles. The Kier molecular flexibility index (Phi) is 3.37. The van der Waals surface area contributed by atoms with Crippen LogP contribution in [0.15, 0.2) is 18.2 Å². The third kappa shape index (κ3) is 2.30. The number of nitrogens with zero attached hydrogens (tertiary/aromatic N) is 4. The van der Waals surface area contributed by atoms with E-state index < -0.39 is 0 Å². The molecule has 0 fully saturated rings. The molecule has 0 unspecified atom stereocenters. The van der Waals surface area contributed by atoms with Crippen LogP contribution >= 0.6 is 11.3 Å². The third-order valence-electron chi connectivity index (χ3n) is 3.43. The zero-order valence-corrected chi connectivity index (χ0v) is 13.1. The summed E-state index contributed by atoms with van der Waals surface area (Å²) in [4.78, 5) is 5.22. The predicted octanol–water partition coefficient (Wildman–Crippen LogP) is 2.25. The van der Waals surface area contributed by atoms with Crippen molar-refractivity contribution >= 4 is 16.3 Å². The van der Waals surface area contributed by atoms with Gasteiger partial charge in [-0.3, -0.25) is 0 Å². The molecule has 0 amide bonds. The van der Waals surface area contributed by atoms with Crippen molar-refractivity contribution in [3.8, 4) is 28.8 Å². The Balaban J connectivity index is 1.82. The molecule has 0 saturated heterocycles. The Hall–Kier alpha value is -2.63. The largest absolute Gasteiger partial charge is 0.486 e. The molecule has 0 saturated carbocycles. The molecule has 0 bridgehead atoms. The molecule has 1 aliphatic rings. The summed E-state index contributed by atoms with van der Waals surface area (Å²) < 4.78 is 17.7. The molecule has 0 N–H and O–H groups in total. The second kappa shape index (κ2) is 5.53. The van der Waals surface area contributed by atoms with Gasteiger partial charge in [0.2, 0.25) is 4.96 Å². The number of benzene rings is 1. The van der Waals surface area contributed by atoms with E-state index in [1.54, 1.807) is 11.6 Å². The average Bonchev–Trinajstić information content (AvgIpc) is 3.11. The highest BCUT2D eigenvalue weighted by Gasteiger charge is 2.20. The van der Waals surface area contributed by atoms with Crippen LogP contribution in [0.25, 0.3) is 16.2 Å². The second-order valence-electron chi connectivity index (χ2n) is 4.90. The van der Waals surface area contributed by atoms with Gasteiger partial charge in [0.25, 0.3) is 0 Å². The molecule has 0 spiro atoms. The van der Waals surface area contributed by atoms with Crippen molar-refractivity contribution in [2.75, 3.05) is 20.3 Å². The van der Waals surface area contributed by atoms with Crippen molar-refractivity contribution in [2.24, 2.45) is 0 Å². The molecule has 4 rings (SSSR count). The third-order valence-corrected chi connectivity index (χ3v) is 4.32. The fourth-order valence-corrected chi connectivity index (χ4v) is 3.33. The summed E-state index contributed by atoms with van der Waals surface area (Å²) in [6.45, 7) is 1.46. The van der Waals surface area contributed by atoms with Gasteiger partial charge in [0, 0.05) is 12.7 Å². The monoisotopic (exact) mass is 328 g/mol. The number of hydrogen-bond acceptors (Lipinski definition) is 7. The van der Waals surface area contributed by atoms with E-state index in [4.69, 9.17) is 14.2 Å². The average molecular weight is 328 g/mol. The Labute approximate surface area is 135 Å². The summed E-state index contributed by atoms with van der Waals surface area (Å²) in [5.41, 5.74) is 1.79. The number of ether oxygens (including phenoxy) is 3. The lowest BCUT2D eigenvalue weighted by Crippen LogP contribution is -2.15. The van der Waals surface area contributed by atoms with Gasteiger partial charge in [-0.15, -0.1) is 0 Å². The minimum absolute atomic E-state index is 0.398. The number of rotatable bonds is 3. The maximum absolute atomic E-state index is 9.51. The molecule has 7 nitrogen and oxygen atoms in total. The molecular formula is C15H12N4O3S. The maximum atomic E-state index is 9.51. The summed E-state index contributed by atoms with van der Waals surface area (Å²) in [6, 6.07) is 7.74. The quantitative estimate of drug-likeness (QED) is 0.733. The highest BCUT2D eigenvalue weighted by atomic mass is 32.1. The lowest BCUT2D eigenvalue weighted by atomic mass is 10.1. The predicted molar refractivity (Wildman–Crippen MR) is 82.7 cm³/mol. The fraction of sp³-hybridized carbons (Fsp3) is 0.267. The van der Waals surface area contributed by atoms with E-state index in [0.717, 1.165) is 10.6 Å². The van der Waals surface area contributed by atoms with Crippen LogP contribution < -0.4 is 9.47 Å². The van der Waals surface area contributed by atoms with Crippen LogP contribution in [-0.2, 0) is 11.3 Å². The van der Waals surface area contributed by atoms with Crippen LogP contribution in [0.3, 0.4) is 0 Å². The summed E-state index contributed by atoms with van der Waals surface area (Å²) in [5.74, 6) is 1.38. The first-order chi connectivity index (χ1) is 11.3. The van der Waals surface area contributed by atoms with E-state index in [0.29, 0.717) is 47.7 Å². The Morgan fingerprint density at radius 3 is 2.96 bits per heavy atom. The van der Waals surface area contributed by atoms with Gasteiger partial charge in [0.15, 0.2) is 17.2 Å². The van der Waals surface area contributed by atoms with Crippen molar-refractivity contribution in [3.63, 3.8) is 0 Å². The molecule has 23 heavy (non-hydrogen) atoms. The molecule has 0 aliphatic carbocycles. The van der Waals surface area contributed by atoms with Gasteiger partial charge < -0.3 is 14.2 Å². The highest BCUT2D eigenvalue weighted by Crippen LogP contribution is 2.35. The van der Waals surface area contributed by atoms with E-state index in [1.807, 2.05) is 18.2 Å². The molecule has 3 aromatic rings. The van der Waals surface area contributed by atoms with E-state index in [9.17, 15) is 5.26 Å². The number of nitriles is 1. The van der Waals surface area contributed by atoms with Gasteiger partial charge in [-0.25, -0.2) is 4.98 Å². The molecule has 0 atom stereocenters. The Bertz CT molecular complexity index is 925. The summed E-state index contributed by atoms with van der Waals surface area (Å²) >= 11 is 1.40. The van der Waals surface area contributed by atoms with Gasteiger partial charge >= 0.3 is 0 Å². The van der Waals surface area contributed by atoms with Gasteiger partial charge in [0.1, 0.15) is 30.0 Å². The van der Waals surface area contributed by atoms with Crippen molar-refractivity contribution in [3.05, 3.63) is 28.9 Å². The Morgan fingerprint density at radius 2 is 2.17 bits per heavy atom. The molecule has 3 heterocycles. The van der Waals surface area contributed by atoms with Crippen molar-refractivity contribution in [2.45, 2.75) is 6.61 Å². The highest BCUT2D eigenvalue weighted by molar-refractivity contribution is 7.16. The van der Waals surface area contributed by atoms with E-state index in [2.05, 4.69) is 16.2 Å². The van der Waals surface area contributed by atoms with Gasteiger partial charge in [-0.05, 0) is 18.2 Å². The number of imidazole rings is 1. The Morgan fingerprint density at radius 1 is 1.35 bits per heavy atom. The smallest absolute Gasteiger partial charge is 0.214 e. The normalized spacial score (nSPS) is 13.2. The fourth-order valence-electron chi connectivity index (χ4n) is 2.46. The van der Waals surface area contributed by atoms with Crippen LogP contribution in [0.2, 0.25) is 0 Å². The summed E-state index contributed by atoms with van der Waals surface area (Å²) in [7, 11) is 1.61. The van der Waals surface area contributed by atoms with E-state index in [-0.39, 0.29) is 0 Å². The molecule has 116 valence electrons. The lowest BCUT2D eigenvalue weighted by molar-refractivity contribution is 0.171. The van der Waals surface area contributed by atoms with E-state index >= 15 is 0 Å². The first kappa shape index (κ1) is 14.0. The van der Waals surface area contributed by atoms with Gasteiger partial charge in [-0.2, -0.15) is 14.9 Å². The van der Waals surface area contributed by atoms with Crippen LogP contribution in [0.4, 0.5) is 0 Å². The van der Waals surface area contributed by atoms with Crippen LogP contribution in [0, 0.1) is 11.3 Å². The molecule has 1 aliphatic heterocycles. The maximum Gasteiger partial charge on any atom is 0.214 e. The van der Waals surface area contributed by atoms with Crippen molar-refractivity contribution < 1.29 is 14.2 Å². The molecule has 1 aromatic carbocycles. The van der Waals surface area contributed by atoms with Crippen LogP contribution in [0.1, 0.15) is 10.7 Å². The number of hydrogen-bond donors (Lipinski definition) is 0. The van der Waals surface area contributed by atoms with Gasteiger partial charge in [-0.1, -0.05) is 11.3 Å². The zero-order valence-electron chi connectivity index (χ0n) is 12.3. The second-order valence-corrected chi connectivity index (χ2v) is 5.94. The topological polar surface area (TPSA) is 81.7 Å². The number of fused-ring (bicyclic) bond motifs is 2. The van der Waals surface area contributed by atoms with E-state index in [1.165, 1.54) is 11.3 Å². The SMILES string of the molecule is COCc1nn2c(C#N)c(-c3ccc4c(c3)OCCO4)nc2s1. The summed E-state index contributed by atoms with van der Waals surface area (Å²) in [6.07, 6.45) is 0. The number of methoxy groups -OCH3 is 1. The van der Waals surface area contributed by atoms with Gasteiger partial charge in [0.05, 0.1) is 6.61 Å².